The third-order valence-electron chi connectivity index (χ3n) is 3.25. The van der Waals surface area contributed by atoms with Gasteiger partial charge in [0.2, 0.25) is 6.79 Å². The molecule has 1 aliphatic heterocycles. The highest BCUT2D eigenvalue weighted by Crippen LogP contribution is 2.32. The Morgan fingerprint density at radius 3 is 2.71 bits per heavy atom. The fourth-order valence-electron chi connectivity index (χ4n) is 1.91. The summed E-state index contributed by atoms with van der Waals surface area (Å²) in [6, 6.07) is 5.83. The molecule has 0 aromatic heterocycles. The molecular weight excluding hydrogens is 272 g/mol. The van der Waals surface area contributed by atoms with Gasteiger partial charge in [0.1, 0.15) is 6.61 Å². The maximum absolute atomic E-state index is 11.8. The Hall–Kier alpha value is -1.95. The van der Waals surface area contributed by atoms with Crippen molar-refractivity contribution in [2.45, 2.75) is 6.42 Å². The lowest BCUT2D eigenvalue weighted by molar-refractivity contribution is 0.104. The van der Waals surface area contributed by atoms with Gasteiger partial charge in [0, 0.05) is 20.1 Å². The Labute approximate surface area is 125 Å². The average molecular weight is 294 g/mol. The molecule has 0 N–H and O–H groups in total. The molecule has 1 amide bonds. The van der Waals surface area contributed by atoms with E-state index in [-0.39, 0.29) is 12.9 Å². The van der Waals surface area contributed by atoms with Gasteiger partial charge in [0.05, 0.1) is 0 Å². The minimum atomic E-state index is -0.294. The highest BCUT2D eigenvalue weighted by Gasteiger charge is 2.14. The first kappa shape index (κ1) is 15.4. The van der Waals surface area contributed by atoms with Crippen LogP contribution in [0.2, 0.25) is 0 Å². The summed E-state index contributed by atoms with van der Waals surface area (Å²) in [4.78, 5) is 15.3. The van der Waals surface area contributed by atoms with Crippen LogP contribution in [0, 0.1) is 0 Å². The minimum Gasteiger partial charge on any atom is -0.454 e. The summed E-state index contributed by atoms with van der Waals surface area (Å²) in [6.45, 7) is 2.00. The second-order valence-corrected chi connectivity index (χ2v) is 5.28. The molecule has 0 bridgehead atoms. The van der Waals surface area contributed by atoms with E-state index in [9.17, 15) is 4.79 Å². The standard InChI is InChI=1S/C15H22N2O4/c1-16(2)8-9-19-15(18)17(3)7-6-12-4-5-13-14(10-12)21-11-20-13/h4-5,10H,6-9,11H2,1-3H3. The second-order valence-electron chi connectivity index (χ2n) is 5.28. The number of hydrogen-bond acceptors (Lipinski definition) is 5. The third-order valence-corrected chi connectivity index (χ3v) is 3.25. The molecule has 1 aromatic rings. The smallest absolute Gasteiger partial charge is 0.409 e. The van der Waals surface area contributed by atoms with E-state index in [2.05, 4.69) is 0 Å². The molecule has 21 heavy (non-hydrogen) atoms. The summed E-state index contributed by atoms with van der Waals surface area (Å²) in [5, 5.41) is 0. The first-order valence-corrected chi connectivity index (χ1v) is 6.97. The monoisotopic (exact) mass is 294 g/mol. The number of carbonyl (C=O) groups excluding carboxylic acids is 1. The maximum Gasteiger partial charge on any atom is 0.409 e. The van der Waals surface area contributed by atoms with Crippen molar-refractivity contribution in [3.63, 3.8) is 0 Å². The molecule has 0 atom stereocenters. The van der Waals surface area contributed by atoms with Gasteiger partial charge in [0.25, 0.3) is 0 Å². The number of hydrogen-bond donors (Lipinski definition) is 0. The number of rotatable bonds is 6. The molecule has 0 spiro atoms. The van der Waals surface area contributed by atoms with E-state index in [0.29, 0.717) is 13.2 Å². The van der Waals surface area contributed by atoms with Gasteiger partial charge >= 0.3 is 6.09 Å². The van der Waals surface area contributed by atoms with Gasteiger partial charge in [-0.25, -0.2) is 4.79 Å². The van der Waals surface area contributed by atoms with Crippen LogP contribution < -0.4 is 9.47 Å². The summed E-state index contributed by atoms with van der Waals surface area (Å²) in [5.41, 5.74) is 1.10. The zero-order valence-corrected chi connectivity index (χ0v) is 12.8. The van der Waals surface area contributed by atoms with E-state index in [4.69, 9.17) is 14.2 Å². The molecule has 0 aliphatic carbocycles. The molecule has 0 saturated heterocycles. The largest absolute Gasteiger partial charge is 0.454 e. The molecule has 1 aliphatic rings. The Kier molecular flexibility index (Phi) is 5.27. The second kappa shape index (κ2) is 7.17. The van der Waals surface area contributed by atoms with E-state index in [1.165, 1.54) is 0 Å². The Morgan fingerprint density at radius 2 is 1.95 bits per heavy atom. The third kappa shape index (κ3) is 4.53. The zero-order valence-electron chi connectivity index (χ0n) is 12.8. The molecule has 0 unspecified atom stereocenters. The van der Waals surface area contributed by atoms with Gasteiger partial charge in [0.15, 0.2) is 11.5 Å². The number of carbonyl (C=O) groups is 1. The van der Waals surface area contributed by atoms with Crippen molar-refractivity contribution in [1.82, 2.24) is 9.80 Å². The van der Waals surface area contributed by atoms with E-state index in [1.807, 2.05) is 37.2 Å². The van der Waals surface area contributed by atoms with Crippen LogP contribution in [-0.4, -0.2) is 63.5 Å². The summed E-state index contributed by atoms with van der Waals surface area (Å²) >= 11 is 0. The number of amides is 1. The van der Waals surface area contributed by atoms with Crippen LogP contribution in [0.3, 0.4) is 0 Å². The van der Waals surface area contributed by atoms with Gasteiger partial charge < -0.3 is 24.0 Å². The van der Waals surface area contributed by atoms with Crippen LogP contribution in [0.15, 0.2) is 18.2 Å². The molecule has 0 fully saturated rings. The summed E-state index contributed by atoms with van der Waals surface area (Å²) < 4.78 is 15.8. The number of benzene rings is 1. The summed E-state index contributed by atoms with van der Waals surface area (Å²) in [6.07, 6.45) is 0.452. The minimum absolute atomic E-state index is 0.275. The lowest BCUT2D eigenvalue weighted by Gasteiger charge is -2.18. The van der Waals surface area contributed by atoms with Crippen molar-refractivity contribution in [1.29, 1.82) is 0 Å². The average Bonchev–Trinajstić information content (AvgIpc) is 2.91. The summed E-state index contributed by atoms with van der Waals surface area (Å²) in [5.74, 6) is 1.54. The Balaban J connectivity index is 1.75. The van der Waals surface area contributed by atoms with E-state index >= 15 is 0 Å². The molecule has 6 heteroatoms. The molecule has 6 nitrogen and oxygen atoms in total. The number of likely N-dealkylation sites (N-methyl/N-ethyl adjacent to an activating group) is 2. The fourth-order valence-corrected chi connectivity index (χ4v) is 1.91. The van der Waals surface area contributed by atoms with Gasteiger partial charge in [-0.2, -0.15) is 0 Å². The van der Waals surface area contributed by atoms with Gasteiger partial charge in [-0.05, 0) is 38.2 Å². The normalized spacial score (nSPS) is 12.6. The topological polar surface area (TPSA) is 51.2 Å². The lowest BCUT2D eigenvalue weighted by Crippen LogP contribution is -2.31. The Morgan fingerprint density at radius 1 is 1.19 bits per heavy atom. The fraction of sp³-hybridized carbons (Fsp3) is 0.533. The van der Waals surface area contributed by atoms with Crippen molar-refractivity contribution in [2.24, 2.45) is 0 Å². The molecule has 0 radical (unpaired) electrons. The summed E-state index contributed by atoms with van der Waals surface area (Å²) in [7, 11) is 5.62. The maximum atomic E-state index is 11.8. The van der Waals surface area contributed by atoms with Gasteiger partial charge in [-0.15, -0.1) is 0 Å². The highest BCUT2D eigenvalue weighted by atomic mass is 16.7. The van der Waals surface area contributed by atoms with Crippen LogP contribution >= 0.6 is 0 Å². The van der Waals surface area contributed by atoms with Gasteiger partial charge in [-0.3, -0.25) is 0 Å². The van der Waals surface area contributed by atoms with Crippen LogP contribution in [0.4, 0.5) is 4.79 Å². The predicted octanol–water partition coefficient (Wildman–Crippen LogP) is 1.59. The molecule has 1 heterocycles. The van der Waals surface area contributed by atoms with Crippen molar-refractivity contribution >= 4 is 6.09 Å². The molecule has 116 valence electrons. The van der Waals surface area contributed by atoms with Crippen LogP contribution in [0.25, 0.3) is 0 Å². The Bertz CT molecular complexity index is 491. The number of fused-ring (bicyclic) bond motifs is 1. The predicted molar refractivity (Wildman–Crippen MR) is 78.8 cm³/mol. The SMILES string of the molecule is CN(C)CCOC(=O)N(C)CCc1ccc2c(c1)OCO2. The van der Waals surface area contributed by atoms with Crippen LogP contribution in [-0.2, 0) is 11.2 Å². The van der Waals surface area contributed by atoms with E-state index < -0.39 is 0 Å². The van der Waals surface area contributed by atoms with Crippen molar-refractivity contribution in [2.75, 3.05) is 47.6 Å². The van der Waals surface area contributed by atoms with Crippen LogP contribution in [0.5, 0.6) is 11.5 Å². The van der Waals surface area contributed by atoms with Crippen molar-refractivity contribution < 1.29 is 19.0 Å². The molecule has 0 saturated carbocycles. The van der Waals surface area contributed by atoms with E-state index in [0.717, 1.165) is 30.0 Å². The first-order valence-electron chi connectivity index (χ1n) is 6.97. The zero-order chi connectivity index (χ0) is 15.2. The molecule has 1 aromatic carbocycles. The first-order chi connectivity index (χ1) is 10.1. The van der Waals surface area contributed by atoms with Gasteiger partial charge in [-0.1, -0.05) is 6.07 Å². The number of nitrogens with zero attached hydrogens (tertiary/aromatic N) is 2. The quantitative estimate of drug-likeness (QED) is 0.797. The highest BCUT2D eigenvalue weighted by molar-refractivity contribution is 5.67. The number of ether oxygens (including phenoxy) is 3. The van der Waals surface area contributed by atoms with Crippen molar-refractivity contribution in [3.8, 4) is 11.5 Å². The van der Waals surface area contributed by atoms with Crippen molar-refractivity contribution in [3.05, 3.63) is 23.8 Å². The molecular formula is C15H22N2O4. The van der Waals surface area contributed by atoms with Crippen LogP contribution in [0.1, 0.15) is 5.56 Å². The lowest BCUT2D eigenvalue weighted by atomic mass is 10.1. The molecule has 2 rings (SSSR count). The van der Waals surface area contributed by atoms with E-state index in [1.54, 1.807) is 11.9 Å².